The molecule has 7 heteroatoms. The monoisotopic (exact) mass is 363 g/mol. The Morgan fingerprint density at radius 1 is 0.905 bits per heavy atom. The minimum absolute atomic E-state index is 0. The number of rotatable bonds is 3. The molecule has 0 amide bonds. The van der Waals surface area contributed by atoms with Crippen molar-refractivity contribution < 1.29 is 5.11 Å². The van der Waals surface area contributed by atoms with Gasteiger partial charge in [0, 0.05) is 32.2 Å². The summed E-state index contributed by atoms with van der Waals surface area (Å²) in [5.74, 6) is 0.812. The minimum atomic E-state index is -0.116. The van der Waals surface area contributed by atoms with Gasteiger partial charge in [-0.15, -0.1) is 37.2 Å². The highest BCUT2D eigenvalue weighted by Gasteiger charge is 2.30. The highest BCUT2D eigenvalue weighted by molar-refractivity contribution is 5.86. The van der Waals surface area contributed by atoms with E-state index >= 15 is 0 Å². The van der Waals surface area contributed by atoms with Gasteiger partial charge in [-0.1, -0.05) is 13.8 Å². The van der Waals surface area contributed by atoms with Crippen LogP contribution in [0.1, 0.15) is 26.7 Å². The lowest BCUT2D eigenvalue weighted by molar-refractivity contribution is -0.0108. The van der Waals surface area contributed by atoms with Gasteiger partial charge in [-0.25, -0.2) is 0 Å². The van der Waals surface area contributed by atoms with Crippen LogP contribution in [0.2, 0.25) is 0 Å². The molecule has 0 bridgehead atoms. The molecule has 2 aliphatic rings. The average Bonchev–Trinajstić information content (AvgIpc) is 2.35. The van der Waals surface area contributed by atoms with Gasteiger partial charge in [0.15, 0.2) is 0 Å². The van der Waals surface area contributed by atoms with E-state index in [0.717, 1.165) is 52.1 Å². The van der Waals surface area contributed by atoms with Crippen LogP contribution in [0.3, 0.4) is 0 Å². The Morgan fingerprint density at radius 2 is 1.33 bits per heavy atom. The third-order valence-electron chi connectivity index (χ3n) is 4.62. The molecule has 2 fully saturated rings. The van der Waals surface area contributed by atoms with E-state index in [1.807, 2.05) is 0 Å². The maximum atomic E-state index is 9.96. The molecule has 0 radical (unpaired) electrons. The van der Waals surface area contributed by atoms with E-state index in [1.165, 1.54) is 0 Å². The molecule has 3 atom stereocenters. The van der Waals surface area contributed by atoms with Crippen LogP contribution in [0, 0.1) is 11.8 Å². The van der Waals surface area contributed by atoms with Crippen molar-refractivity contribution in [1.29, 1.82) is 0 Å². The number of hydrogen-bond donors (Lipinski definition) is 2. The SMILES string of the molecule is C[C@@H]1CN(CCN2CCC(N)CC2)C[C@H](C)[C@H]1O.Cl.Cl.Cl. The van der Waals surface area contributed by atoms with Gasteiger partial charge < -0.3 is 20.6 Å². The quantitative estimate of drug-likeness (QED) is 0.799. The maximum Gasteiger partial charge on any atom is 0.0615 e. The molecule has 0 spiro atoms. The molecule has 0 aromatic heterocycles. The van der Waals surface area contributed by atoms with E-state index < -0.39 is 0 Å². The third-order valence-corrected chi connectivity index (χ3v) is 4.62. The number of hydrogen-bond acceptors (Lipinski definition) is 4. The fourth-order valence-electron chi connectivity index (χ4n) is 3.31. The summed E-state index contributed by atoms with van der Waals surface area (Å²) in [4.78, 5) is 5.04. The van der Waals surface area contributed by atoms with Crippen LogP contribution in [0.4, 0.5) is 0 Å². The van der Waals surface area contributed by atoms with Crippen LogP contribution in [-0.2, 0) is 0 Å². The van der Waals surface area contributed by atoms with Gasteiger partial charge in [0.05, 0.1) is 6.10 Å². The van der Waals surface area contributed by atoms with E-state index in [-0.39, 0.29) is 43.3 Å². The summed E-state index contributed by atoms with van der Waals surface area (Å²) in [6.07, 6.45) is 2.17. The lowest BCUT2D eigenvalue weighted by Crippen LogP contribution is -2.50. The molecule has 2 saturated heterocycles. The van der Waals surface area contributed by atoms with E-state index in [1.54, 1.807) is 0 Å². The molecule has 0 unspecified atom stereocenters. The van der Waals surface area contributed by atoms with Gasteiger partial charge in [0.1, 0.15) is 0 Å². The van der Waals surface area contributed by atoms with Crippen LogP contribution in [0.15, 0.2) is 0 Å². The fraction of sp³-hybridized carbons (Fsp3) is 1.00. The molecule has 2 heterocycles. The Kier molecular flexibility index (Phi) is 12.9. The molecular weight excluding hydrogens is 333 g/mol. The minimum Gasteiger partial charge on any atom is -0.392 e. The lowest BCUT2D eigenvalue weighted by atomic mass is 9.88. The van der Waals surface area contributed by atoms with Crippen LogP contribution in [0.25, 0.3) is 0 Å². The second-order valence-electron chi connectivity index (χ2n) is 6.38. The number of likely N-dealkylation sites (tertiary alicyclic amines) is 2. The van der Waals surface area contributed by atoms with Crippen molar-refractivity contribution in [3.05, 3.63) is 0 Å². The topological polar surface area (TPSA) is 52.7 Å². The first-order valence-electron chi connectivity index (χ1n) is 7.44. The first-order chi connectivity index (χ1) is 8.56. The number of piperidine rings is 2. The first-order valence-corrected chi connectivity index (χ1v) is 7.44. The van der Waals surface area contributed by atoms with E-state index in [2.05, 4.69) is 23.6 Å². The fourth-order valence-corrected chi connectivity index (χ4v) is 3.31. The zero-order valence-corrected chi connectivity index (χ0v) is 15.6. The summed E-state index contributed by atoms with van der Waals surface area (Å²) in [7, 11) is 0. The molecule has 2 rings (SSSR count). The first kappa shape index (κ1) is 24.0. The number of halogens is 3. The summed E-state index contributed by atoms with van der Waals surface area (Å²) in [6, 6.07) is 0.423. The highest BCUT2D eigenvalue weighted by atomic mass is 35.5. The van der Waals surface area contributed by atoms with Crippen LogP contribution in [-0.4, -0.2) is 66.3 Å². The summed E-state index contributed by atoms with van der Waals surface area (Å²) in [5, 5.41) is 9.96. The van der Waals surface area contributed by atoms with Crippen LogP contribution >= 0.6 is 37.2 Å². The molecule has 130 valence electrons. The molecule has 0 saturated carbocycles. The molecule has 3 N–H and O–H groups in total. The summed E-state index contributed by atoms with van der Waals surface area (Å²) < 4.78 is 0. The van der Waals surface area contributed by atoms with Crippen LogP contribution in [0.5, 0.6) is 0 Å². The maximum absolute atomic E-state index is 9.96. The Bertz CT molecular complexity index is 254. The molecule has 0 aliphatic carbocycles. The Hall–Kier alpha value is 0.710. The smallest absolute Gasteiger partial charge is 0.0615 e. The predicted molar refractivity (Wildman–Crippen MR) is 96.2 cm³/mol. The van der Waals surface area contributed by atoms with E-state index in [9.17, 15) is 5.11 Å². The van der Waals surface area contributed by atoms with Crippen molar-refractivity contribution in [2.24, 2.45) is 17.6 Å². The van der Waals surface area contributed by atoms with Crippen molar-refractivity contribution in [2.45, 2.75) is 38.8 Å². The van der Waals surface area contributed by atoms with Crippen molar-refractivity contribution in [3.63, 3.8) is 0 Å². The zero-order chi connectivity index (χ0) is 13.1. The molecular formula is C14H32Cl3N3O. The van der Waals surface area contributed by atoms with Crippen molar-refractivity contribution >= 4 is 37.2 Å². The van der Waals surface area contributed by atoms with Crippen molar-refractivity contribution in [1.82, 2.24) is 9.80 Å². The zero-order valence-electron chi connectivity index (χ0n) is 13.1. The van der Waals surface area contributed by atoms with E-state index in [4.69, 9.17) is 5.73 Å². The molecule has 21 heavy (non-hydrogen) atoms. The number of aliphatic hydroxyl groups is 1. The van der Waals surface area contributed by atoms with Gasteiger partial charge in [0.2, 0.25) is 0 Å². The van der Waals surface area contributed by atoms with Crippen LogP contribution < -0.4 is 5.73 Å². The van der Waals surface area contributed by atoms with Gasteiger partial charge in [-0.2, -0.15) is 0 Å². The highest BCUT2D eigenvalue weighted by Crippen LogP contribution is 2.21. The Balaban J connectivity index is 0. The van der Waals surface area contributed by atoms with Crippen molar-refractivity contribution in [2.75, 3.05) is 39.3 Å². The second-order valence-corrected chi connectivity index (χ2v) is 6.38. The Morgan fingerprint density at radius 3 is 1.81 bits per heavy atom. The van der Waals surface area contributed by atoms with Gasteiger partial charge in [-0.3, -0.25) is 0 Å². The number of aliphatic hydroxyl groups excluding tert-OH is 1. The molecule has 4 nitrogen and oxygen atoms in total. The summed E-state index contributed by atoms with van der Waals surface area (Å²) in [6.45, 7) is 11.0. The van der Waals surface area contributed by atoms with Gasteiger partial charge in [-0.05, 0) is 37.8 Å². The standard InChI is InChI=1S/C14H29N3O.3ClH/c1-11-9-17(10-12(2)14(11)18)8-7-16-5-3-13(15)4-6-16;;;/h11-14,18H,3-10,15H2,1-2H3;3*1H/t11-,12+,14+;;;. The number of nitrogens with zero attached hydrogens (tertiary/aromatic N) is 2. The summed E-state index contributed by atoms with van der Waals surface area (Å²) >= 11 is 0. The molecule has 0 aromatic carbocycles. The number of nitrogens with two attached hydrogens (primary N) is 1. The largest absolute Gasteiger partial charge is 0.392 e. The average molecular weight is 365 g/mol. The second kappa shape index (κ2) is 11.3. The Labute approximate surface area is 148 Å². The molecule has 0 aromatic rings. The lowest BCUT2D eigenvalue weighted by Gasteiger charge is -2.40. The normalized spacial score (nSPS) is 31.7. The third kappa shape index (κ3) is 7.21. The van der Waals surface area contributed by atoms with Gasteiger partial charge >= 0.3 is 0 Å². The van der Waals surface area contributed by atoms with Crippen molar-refractivity contribution in [3.8, 4) is 0 Å². The predicted octanol–water partition coefficient (Wildman–Crippen LogP) is 1.62. The van der Waals surface area contributed by atoms with E-state index in [0.29, 0.717) is 17.9 Å². The summed E-state index contributed by atoms with van der Waals surface area (Å²) in [5.41, 5.74) is 5.92. The molecule has 2 aliphatic heterocycles. The van der Waals surface area contributed by atoms with Gasteiger partial charge in [0.25, 0.3) is 0 Å².